The summed E-state index contributed by atoms with van der Waals surface area (Å²) in [6.45, 7) is 5.30. The first-order valence-electron chi connectivity index (χ1n) is 5.82. The van der Waals surface area contributed by atoms with Gasteiger partial charge in [0.05, 0.1) is 23.6 Å². The molecule has 0 bridgehead atoms. The highest BCUT2D eigenvalue weighted by atomic mass is 35.5. The second-order valence-electron chi connectivity index (χ2n) is 4.07. The summed E-state index contributed by atoms with van der Waals surface area (Å²) in [6, 6.07) is 6.59. The van der Waals surface area contributed by atoms with Crippen molar-refractivity contribution in [2.24, 2.45) is 0 Å². The molecular weight excluding hydrogens is 253 g/mol. The number of hydrogen-bond acceptors (Lipinski definition) is 2. The standard InChI is InChI=1S/C13H15ClFN3/c1-3-18-11(6-9(2)17-18)8-16-13-5-4-10(14)7-12(13)15/h4-7,16H,3,8H2,1-2H3. The van der Waals surface area contributed by atoms with Crippen molar-refractivity contribution >= 4 is 17.3 Å². The minimum Gasteiger partial charge on any atom is -0.377 e. The van der Waals surface area contributed by atoms with Gasteiger partial charge in [-0.3, -0.25) is 4.68 Å². The molecule has 0 unspecified atom stereocenters. The minimum atomic E-state index is -0.346. The summed E-state index contributed by atoms with van der Waals surface area (Å²) in [5.41, 5.74) is 2.44. The van der Waals surface area contributed by atoms with Crippen LogP contribution in [-0.2, 0) is 13.1 Å². The normalized spacial score (nSPS) is 10.7. The van der Waals surface area contributed by atoms with Crippen molar-refractivity contribution in [3.05, 3.63) is 46.5 Å². The Morgan fingerprint density at radius 3 is 2.83 bits per heavy atom. The van der Waals surface area contributed by atoms with Gasteiger partial charge in [0.1, 0.15) is 5.82 Å². The van der Waals surface area contributed by atoms with Crippen LogP contribution in [0.5, 0.6) is 0 Å². The number of rotatable bonds is 4. The smallest absolute Gasteiger partial charge is 0.147 e. The van der Waals surface area contributed by atoms with Gasteiger partial charge < -0.3 is 5.32 Å². The average Bonchev–Trinajstić information content (AvgIpc) is 2.68. The highest BCUT2D eigenvalue weighted by molar-refractivity contribution is 6.30. The maximum absolute atomic E-state index is 13.6. The molecule has 1 aromatic carbocycles. The molecule has 0 aliphatic rings. The molecule has 18 heavy (non-hydrogen) atoms. The fourth-order valence-corrected chi connectivity index (χ4v) is 1.99. The van der Waals surface area contributed by atoms with E-state index in [0.29, 0.717) is 17.3 Å². The predicted octanol–water partition coefficient (Wildman–Crippen LogP) is 3.62. The Bertz CT molecular complexity index is 551. The predicted molar refractivity (Wildman–Crippen MR) is 71.4 cm³/mol. The van der Waals surface area contributed by atoms with E-state index in [4.69, 9.17) is 11.6 Å². The summed E-state index contributed by atoms with van der Waals surface area (Å²) in [5.74, 6) is -0.346. The number of hydrogen-bond donors (Lipinski definition) is 1. The Kier molecular flexibility index (Phi) is 3.87. The number of benzene rings is 1. The van der Waals surface area contributed by atoms with Crippen LogP contribution in [0.4, 0.5) is 10.1 Å². The van der Waals surface area contributed by atoms with Gasteiger partial charge in [-0.05, 0) is 38.1 Å². The van der Waals surface area contributed by atoms with E-state index in [1.165, 1.54) is 6.07 Å². The van der Waals surface area contributed by atoms with Gasteiger partial charge >= 0.3 is 0 Å². The zero-order valence-corrected chi connectivity index (χ0v) is 11.1. The van der Waals surface area contributed by atoms with Crippen molar-refractivity contribution in [1.82, 2.24) is 9.78 Å². The molecule has 96 valence electrons. The van der Waals surface area contributed by atoms with Crippen LogP contribution in [-0.4, -0.2) is 9.78 Å². The average molecular weight is 268 g/mol. The van der Waals surface area contributed by atoms with Crippen LogP contribution in [0.15, 0.2) is 24.3 Å². The Balaban J connectivity index is 2.11. The first-order chi connectivity index (χ1) is 8.60. The molecule has 0 fully saturated rings. The van der Waals surface area contributed by atoms with E-state index in [-0.39, 0.29) is 5.82 Å². The van der Waals surface area contributed by atoms with E-state index in [1.54, 1.807) is 12.1 Å². The zero-order chi connectivity index (χ0) is 13.1. The molecule has 1 N–H and O–H groups in total. The van der Waals surface area contributed by atoms with Gasteiger partial charge in [-0.25, -0.2) is 4.39 Å². The maximum atomic E-state index is 13.6. The maximum Gasteiger partial charge on any atom is 0.147 e. The van der Waals surface area contributed by atoms with Gasteiger partial charge in [-0.15, -0.1) is 0 Å². The molecule has 0 atom stereocenters. The van der Waals surface area contributed by atoms with E-state index >= 15 is 0 Å². The van der Waals surface area contributed by atoms with E-state index in [0.717, 1.165) is 17.9 Å². The Hall–Kier alpha value is -1.55. The van der Waals surface area contributed by atoms with Gasteiger partial charge in [0.2, 0.25) is 0 Å². The third-order valence-corrected chi connectivity index (χ3v) is 2.91. The summed E-state index contributed by atoms with van der Waals surface area (Å²) < 4.78 is 15.5. The molecule has 0 amide bonds. The van der Waals surface area contributed by atoms with E-state index < -0.39 is 0 Å². The molecule has 0 saturated heterocycles. The topological polar surface area (TPSA) is 29.9 Å². The lowest BCUT2D eigenvalue weighted by Gasteiger charge is -2.09. The van der Waals surface area contributed by atoms with Gasteiger partial charge in [0.25, 0.3) is 0 Å². The van der Waals surface area contributed by atoms with Crippen LogP contribution < -0.4 is 5.32 Å². The molecule has 3 nitrogen and oxygen atoms in total. The van der Waals surface area contributed by atoms with Crippen molar-refractivity contribution < 1.29 is 4.39 Å². The third-order valence-electron chi connectivity index (χ3n) is 2.68. The van der Waals surface area contributed by atoms with Crippen molar-refractivity contribution in [1.29, 1.82) is 0 Å². The first kappa shape index (κ1) is 12.9. The second-order valence-corrected chi connectivity index (χ2v) is 4.51. The van der Waals surface area contributed by atoms with Gasteiger partial charge in [-0.2, -0.15) is 5.10 Å². The molecule has 0 radical (unpaired) electrons. The van der Waals surface area contributed by atoms with Crippen LogP contribution in [0.3, 0.4) is 0 Å². The quantitative estimate of drug-likeness (QED) is 0.917. The number of halogens is 2. The van der Waals surface area contributed by atoms with Crippen LogP contribution >= 0.6 is 11.6 Å². The van der Waals surface area contributed by atoms with E-state index in [2.05, 4.69) is 10.4 Å². The van der Waals surface area contributed by atoms with E-state index in [1.807, 2.05) is 24.6 Å². The largest absolute Gasteiger partial charge is 0.377 e. The third kappa shape index (κ3) is 2.82. The summed E-state index contributed by atoms with van der Waals surface area (Å²) in [7, 11) is 0. The molecule has 5 heteroatoms. The van der Waals surface area contributed by atoms with Crippen LogP contribution in [0.1, 0.15) is 18.3 Å². The lowest BCUT2D eigenvalue weighted by atomic mass is 10.3. The number of anilines is 1. The second kappa shape index (κ2) is 5.40. The molecule has 0 spiro atoms. The van der Waals surface area contributed by atoms with Gasteiger partial charge in [0.15, 0.2) is 0 Å². The van der Waals surface area contributed by atoms with Crippen LogP contribution in [0.25, 0.3) is 0 Å². The van der Waals surface area contributed by atoms with Gasteiger partial charge in [0, 0.05) is 11.6 Å². The molecule has 1 aromatic heterocycles. The van der Waals surface area contributed by atoms with Crippen molar-refractivity contribution in [2.75, 3.05) is 5.32 Å². The number of aryl methyl sites for hydroxylation is 2. The van der Waals surface area contributed by atoms with Gasteiger partial charge in [-0.1, -0.05) is 11.6 Å². The summed E-state index contributed by atoms with van der Waals surface area (Å²) in [5, 5.41) is 7.79. The summed E-state index contributed by atoms with van der Waals surface area (Å²) in [6.07, 6.45) is 0. The fourth-order valence-electron chi connectivity index (χ4n) is 1.83. The Morgan fingerprint density at radius 2 is 2.17 bits per heavy atom. The zero-order valence-electron chi connectivity index (χ0n) is 10.4. The molecule has 1 heterocycles. The van der Waals surface area contributed by atoms with Crippen LogP contribution in [0, 0.1) is 12.7 Å². The molecule has 0 aliphatic heterocycles. The first-order valence-corrected chi connectivity index (χ1v) is 6.20. The highest BCUT2D eigenvalue weighted by Gasteiger charge is 2.06. The summed E-state index contributed by atoms with van der Waals surface area (Å²) >= 11 is 5.70. The molecule has 0 aliphatic carbocycles. The van der Waals surface area contributed by atoms with Crippen LogP contribution in [0.2, 0.25) is 5.02 Å². The molecule has 2 aromatic rings. The van der Waals surface area contributed by atoms with Crippen molar-refractivity contribution in [3.8, 4) is 0 Å². The monoisotopic (exact) mass is 267 g/mol. The SMILES string of the molecule is CCn1nc(C)cc1CNc1ccc(Cl)cc1F. The van der Waals surface area contributed by atoms with Crippen molar-refractivity contribution in [2.45, 2.75) is 26.9 Å². The lowest BCUT2D eigenvalue weighted by Crippen LogP contribution is -2.08. The van der Waals surface area contributed by atoms with E-state index in [9.17, 15) is 4.39 Å². The highest BCUT2D eigenvalue weighted by Crippen LogP contribution is 2.19. The van der Waals surface area contributed by atoms with Crippen molar-refractivity contribution in [3.63, 3.8) is 0 Å². The molecule has 2 rings (SSSR count). The molecule has 0 saturated carbocycles. The lowest BCUT2D eigenvalue weighted by molar-refractivity contribution is 0.616. The Labute approximate surface area is 111 Å². The minimum absolute atomic E-state index is 0.346. The summed E-state index contributed by atoms with van der Waals surface area (Å²) in [4.78, 5) is 0. The Morgan fingerprint density at radius 1 is 1.39 bits per heavy atom. The number of nitrogens with one attached hydrogen (secondary N) is 1. The molecular formula is C13H15ClFN3. The fraction of sp³-hybridized carbons (Fsp3) is 0.308. The number of aromatic nitrogens is 2. The number of nitrogens with zero attached hydrogens (tertiary/aromatic N) is 2.